The zero-order valence-electron chi connectivity index (χ0n) is 20.6. The number of carboxylic acids is 1. The third-order valence-corrected chi connectivity index (χ3v) is 6.43. The van der Waals surface area contributed by atoms with E-state index in [9.17, 15) is 18.8 Å². The monoisotopic (exact) mass is 558 g/mol. The van der Waals surface area contributed by atoms with Crippen LogP contribution in [0.4, 0.5) is 10.1 Å². The Morgan fingerprint density at radius 2 is 1.75 bits per heavy atom. The number of benzene rings is 3. The van der Waals surface area contributed by atoms with Crippen LogP contribution in [0.1, 0.15) is 22.0 Å². The average Bonchev–Trinajstić information content (AvgIpc) is 3.48. The Hall–Kier alpha value is -5.16. The molecule has 0 fully saturated rings. The minimum Gasteiger partial charge on any atom is -0.478 e. The number of amides is 1. The molecule has 3 aromatic carbocycles. The van der Waals surface area contributed by atoms with E-state index in [1.165, 1.54) is 64.2 Å². The van der Waals surface area contributed by atoms with E-state index < -0.39 is 29.3 Å². The number of hydrogen-bond acceptors (Lipinski definition) is 6. The van der Waals surface area contributed by atoms with Crippen molar-refractivity contribution in [2.45, 2.75) is 12.5 Å². The van der Waals surface area contributed by atoms with Gasteiger partial charge in [-0.2, -0.15) is 4.68 Å². The highest BCUT2D eigenvalue weighted by Crippen LogP contribution is 2.29. The quantitative estimate of drug-likeness (QED) is 0.288. The van der Waals surface area contributed by atoms with Gasteiger partial charge < -0.3 is 15.0 Å². The average molecular weight is 559 g/mol. The molecule has 12 heteroatoms. The van der Waals surface area contributed by atoms with E-state index >= 15 is 0 Å². The number of tetrazole rings is 1. The highest BCUT2D eigenvalue weighted by Gasteiger charge is 2.23. The summed E-state index contributed by atoms with van der Waals surface area (Å²) in [7, 11) is 0. The van der Waals surface area contributed by atoms with Crippen molar-refractivity contribution in [3.8, 4) is 16.8 Å². The lowest BCUT2D eigenvalue weighted by molar-refractivity contribution is -0.119. The lowest BCUT2D eigenvalue weighted by atomic mass is 10.0. The largest absolute Gasteiger partial charge is 0.478 e. The molecule has 0 saturated carbocycles. The van der Waals surface area contributed by atoms with Crippen molar-refractivity contribution < 1.29 is 19.1 Å². The van der Waals surface area contributed by atoms with Gasteiger partial charge in [0.05, 0.1) is 11.3 Å². The first-order chi connectivity index (χ1) is 19.3. The van der Waals surface area contributed by atoms with Crippen LogP contribution in [0.2, 0.25) is 5.02 Å². The predicted octanol–water partition coefficient (Wildman–Crippen LogP) is 4.40. The molecule has 0 radical (unpaired) electrons. The summed E-state index contributed by atoms with van der Waals surface area (Å²) in [5.74, 6) is -2.04. The molecule has 0 spiro atoms. The molecule has 0 bridgehead atoms. The second-order valence-electron chi connectivity index (χ2n) is 8.79. The summed E-state index contributed by atoms with van der Waals surface area (Å²) in [5.41, 5.74) is 2.31. The SMILES string of the molecule is O=C(O)c1ccc(NC(=O)[C@H](Cc2ccc(F)cc2)n2ccc(-c3cc(Cl)ccc3-n3cnnn3)cc2=O)cc1. The number of hydrogen-bond donors (Lipinski definition) is 2. The molecule has 2 aromatic heterocycles. The van der Waals surface area contributed by atoms with E-state index in [0.29, 0.717) is 33.1 Å². The number of nitrogens with one attached hydrogen (secondary N) is 1. The second kappa shape index (κ2) is 11.3. The highest BCUT2D eigenvalue weighted by molar-refractivity contribution is 6.31. The zero-order valence-corrected chi connectivity index (χ0v) is 21.4. The van der Waals surface area contributed by atoms with E-state index in [4.69, 9.17) is 16.7 Å². The molecule has 0 unspecified atom stereocenters. The number of carboxylic acid groups (broad SMARTS) is 1. The molecular weight excluding hydrogens is 539 g/mol. The molecule has 10 nitrogen and oxygen atoms in total. The molecule has 5 aromatic rings. The molecule has 40 heavy (non-hydrogen) atoms. The number of carbonyl (C=O) groups is 2. The number of pyridine rings is 1. The number of aromatic carboxylic acids is 1. The van der Waals surface area contributed by atoms with Crippen LogP contribution in [-0.4, -0.2) is 41.8 Å². The van der Waals surface area contributed by atoms with Gasteiger partial charge in [-0.3, -0.25) is 9.59 Å². The van der Waals surface area contributed by atoms with Crippen molar-refractivity contribution in [3.05, 3.63) is 124 Å². The van der Waals surface area contributed by atoms with Crippen LogP contribution < -0.4 is 10.9 Å². The molecular formula is C28H20ClFN6O4. The minimum atomic E-state index is -1.10. The Kier molecular flexibility index (Phi) is 7.47. The van der Waals surface area contributed by atoms with Crippen LogP contribution in [0.15, 0.2) is 96.2 Å². The molecule has 0 aliphatic carbocycles. The van der Waals surface area contributed by atoms with Crippen LogP contribution in [0.3, 0.4) is 0 Å². The lowest BCUT2D eigenvalue weighted by Crippen LogP contribution is -2.34. The van der Waals surface area contributed by atoms with E-state index in [0.717, 1.165) is 0 Å². The van der Waals surface area contributed by atoms with Gasteiger partial charge in [0.25, 0.3) is 5.56 Å². The lowest BCUT2D eigenvalue weighted by Gasteiger charge is -2.20. The van der Waals surface area contributed by atoms with Crippen molar-refractivity contribution in [1.82, 2.24) is 24.8 Å². The van der Waals surface area contributed by atoms with Crippen molar-refractivity contribution in [2.24, 2.45) is 0 Å². The first-order valence-electron chi connectivity index (χ1n) is 11.9. The standard InChI is InChI=1S/C28H20ClFN6O4/c29-20-5-10-24(36-16-31-33-34-36)23(15-20)19-11-12-35(26(37)14-19)25(13-17-1-6-21(30)7-2-17)27(38)32-22-8-3-18(4-9-22)28(39)40/h1-12,14-16,25H,13H2,(H,32,38)(H,39,40)/t25-/m0/s1. The number of carbonyl (C=O) groups excluding carboxylic acids is 1. The summed E-state index contributed by atoms with van der Waals surface area (Å²) >= 11 is 6.24. The summed E-state index contributed by atoms with van der Waals surface area (Å²) in [4.78, 5) is 38.1. The normalized spacial score (nSPS) is 11.7. The van der Waals surface area contributed by atoms with Gasteiger partial charge in [-0.05, 0) is 82.2 Å². The Balaban J connectivity index is 1.51. The maximum absolute atomic E-state index is 13.5. The summed E-state index contributed by atoms with van der Waals surface area (Å²) in [6, 6.07) is 18.4. The summed E-state index contributed by atoms with van der Waals surface area (Å²) in [5, 5.41) is 23.5. The van der Waals surface area contributed by atoms with Gasteiger partial charge in [-0.1, -0.05) is 23.7 Å². The number of nitrogens with zero attached hydrogens (tertiary/aromatic N) is 5. The molecule has 1 amide bonds. The first-order valence-corrected chi connectivity index (χ1v) is 12.3. The van der Waals surface area contributed by atoms with Crippen LogP contribution in [0, 0.1) is 5.82 Å². The number of anilines is 1. The molecule has 0 aliphatic heterocycles. The smallest absolute Gasteiger partial charge is 0.335 e. The highest BCUT2D eigenvalue weighted by atomic mass is 35.5. The first kappa shape index (κ1) is 26.4. The fourth-order valence-corrected chi connectivity index (χ4v) is 4.38. The molecule has 0 aliphatic rings. The third-order valence-electron chi connectivity index (χ3n) is 6.19. The van der Waals surface area contributed by atoms with Gasteiger partial charge >= 0.3 is 5.97 Å². The topological polar surface area (TPSA) is 132 Å². The third kappa shape index (κ3) is 5.79. The minimum absolute atomic E-state index is 0.0646. The molecule has 2 heterocycles. The summed E-state index contributed by atoms with van der Waals surface area (Å²) in [6.07, 6.45) is 3.01. The summed E-state index contributed by atoms with van der Waals surface area (Å²) in [6.45, 7) is 0. The number of aromatic nitrogens is 5. The van der Waals surface area contributed by atoms with Crippen LogP contribution in [-0.2, 0) is 11.2 Å². The number of rotatable bonds is 8. The maximum Gasteiger partial charge on any atom is 0.335 e. The van der Waals surface area contributed by atoms with E-state index in [-0.39, 0.29) is 12.0 Å². The van der Waals surface area contributed by atoms with Crippen LogP contribution >= 0.6 is 11.6 Å². The Bertz CT molecular complexity index is 1740. The van der Waals surface area contributed by atoms with Crippen LogP contribution in [0.25, 0.3) is 16.8 Å². The molecule has 0 saturated heterocycles. The Morgan fingerprint density at radius 3 is 2.40 bits per heavy atom. The number of halogens is 2. The van der Waals surface area contributed by atoms with Crippen molar-refractivity contribution in [1.29, 1.82) is 0 Å². The van der Waals surface area contributed by atoms with Crippen molar-refractivity contribution >= 4 is 29.2 Å². The molecule has 2 N–H and O–H groups in total. The van der Waals surface area contributed by atoms with Crippen molar-refractivity contribution in [3.63, 3.8) is 0 Å². The molecule has 1 atom stereocenters. The van der Waals surface area contributed by atoms with Crippen LogP contribution in [0.5, 0.6) is 0 Å². The fraction of sp³-hybridized carbons (Fsp3) is 0.0714. The van der Waals surface area contributed by atoms with Gasteiger partial charge in [0, 0.05) is 35.0 Å². The van der Waals surface area contributed by atoms with Gasteiger partial charge in [0.15, 0.2) is 0 Å². The zero-order chi connectivity index (χ0) is 28.2. The van der Waals surface area contributed by atoms with Crippen molar-refractivity contribution in [2.75, 3.05) is 5.32 Å². The van der Waals surface area contributed by atoms with E-state index in [2.05, 4.69) is 20.8 Å². The van der Waals surface area contributed by atoms with Gasteiger partial charge in [0.2, 0.25) is 5.91 Å². The van der Waals surface area contributed by atoms with E-state index in [1.807, 2.05) is 0 Å². The summed E-state index contributed by atoms with van der Waals surface area (Å²) < 4.78 is 16.2. The molecule has 200 valence electrons. The van der Waals surface area contributed by atoms with Gasteiger partial charge in [0.1, 0.15) is 18.2 Å². The second-order valence-corrected chi connectivity index (χ2v) is 9.23. The van der Waals surface area contributed by atoms with Gasteiger partial charge in [-0.15, -0.1) is 5.10 Å². The molecule has 5 rings (SSSR count). The Labute approximate surface area is 231 Å². The predicted molar refractivity (Wildman–Crippen MR) is 145 cm³/mol. The maximum atomic E-state index is 13.5. The fourth-order valence-electron chi connectivity index (χ4n) is 4.21. The van der Waals surface area contributed by atoms with E-state index in [1.54, 1.807) is 36.4 Å². The Morgan fingerprint density at radius 1 is 1.00 bits per heavy atom. The van der Waals surface area contributed by atoms with Gasteiger partial charge in [-0.25, -0.2) is 9.18 Å².